The number of piperidine rings is 1. The summed E-state index contributed by atoms with van der Waals surface area (Å²) >= 11 is 0. The van der Waals surface area contributed by atoms with Crippen LogP contribution in [0.2, 0.25) is 0 Å². The highest BCUT2D eigenvalue weighted by Gasteiger charge is 2.46. The van der Waals surface area contributed by atoms with E-state index in [4.69, 9.17) is 4.74 Å². The maximum atomic E-state index is 12.7. The van der Waals surface area contributed by atoms with E-state index in [2.05, 4.69) is 10.6 Å². The van der Waals surface area contributed by atoms with Gasteiger partial charge in [-0.15, -0.1) is 0 Å². The van der Waals surface area contributed by atoms with E-state index in [1.54, 1.807) is 29.2 Å². The van der Waals surface area contributed by atoms with Gasteiger partial charge >= 0.3 is 0 Å². The second kappa shape index (κ2) is 7.76. The van der Waals surface area contributed by atoms with Crippen molar-refractivity contribution in [2.45, 2.75) is 26.2 Å². The van der Waals surface area contributed by atoms with E-state index in [-0.39, 0.29) is 17.7 Å². The zero-order valence-electron chi connectivity index (χ0n) is 15.0. The number of nitrogens with one attached hydrogen (secondary N) is 2. The fourth-order valence-electron chi connectivity index (χ4n) is 3.64. The summed E-state index contributed by atoms with van der Waals surface area (Å²) in [5, 5.41) is 5.59. The van der Waals surface area contributed by atoms with Crippen LogP contribution in [-0.2, 0) is 9.59 Å². The predicted molar refractivity (Wildman–Crippen MR) is 95.8 cm³/mol. The first-order valence-corrected chi connectivity index (χ1v) is 9.05. The summed E-state index contributed by atoms with van der Waals surface area (Å²) < 4.78 is 5.53. The van der Waals surface area contributed by atoms with Crippen molar-refractivity contribution >= 4 is 17.7 Å². The van der Waals surface area contributed by atoms with Crippen molar-refractivity contribution in [3.8, 4) is 5.75 Å². The number of ether oxygens (including phenoxy) is 1. The molecular weight excluding hydrogens is 334 g/mol. The monoisotopic (exact) mass is 359 g/mol. The molecule has 0 aliphatic carbocycles. The quantitative estimate of drug-likeness (QED) is 0.766. The van der Waals surface area contributed by atoms with Crippen LogP contribution in [0.4, 0.5) is 0 Å². The summed E-state index contributed by atoms with van der Waals surface area (Å²) in [6.45, 7) is 4.11. The highest BCUT2D eigenvalue weighted by atomic mass is 16.5. The maximum Gasteiger partial charge on any atom is 0.253 e. The van der Waals surface area contributed by atoms with Crippen LogP contribution in [-0.4, -0.2) is 55.4 Å². The number of hydrogen-bond donors (Lipinski definition) is 2. The molecule has 1 aromatic carbocycles. The summed E-state index contributed by atoms with van der Waals surface area (Å²) in [5.41, 5.74) is 0.188. The van der Waals surface area contributed by atoms with Crippen molar-refractivity contribution in [3.05, 3.63) is 29.8 Å². The molecule has 0 radical (unpaired) electrons. The first-order valence-electron chi connectivity index (χ1n) is 9.05. The van der Waals surface area contributed by atoms with Gasteiger partial charge in [-0.05, 0) is 43.5 Å². The first-order chi connectivity index (χ1) is 12.5. The fourth-order valence-corrected chi connectivity index (χ4v) is 3.64. The average molecular weight is 359 g/mol. The van der Waals surface area contributed by atoms with Crippen molar-refractivity contribution in [1.29, 1.82) is 0 Å². The van der Waals surface area contributed by atoms with Crippen LogP contribution in [0, 0.1) is 5.41 Å². The van der Waals surface area contributed by atoms with Gasteiger partial charge < -0.3 is 20.3 Å². The molecule has 0 bridgehead atoms. The summed E-state index contributed by atoms with van der Waals surface area (Å²) in [7, 11) is 0. The van der Waals surface area contributed by atoms with Crippen LogP contribution in [0.1, 0.15) is 36.5 Å². The first kappa shape index (κ1) is 18.2. The van der Waals surface area contributed by atoms with Gasteiger partial charge in [-0.1, -0.05) is 0 Å². The Morgan fingerprint density at radius 1 is 1.27 bits per heavy atom. The van der Waals surface area contributed by atoms with E-state index in [9.17, 15) is 14.4 Å². The lowest BCUT2D eigenvalue weighted by Crippen LogP contribution is -2.47. The number of nitrogens with zero attached hydrogens (tertiary/aromatic N) is 1. The van der Waals surface area contributed by atoms with Crippen LogP contribution in [0.25, 0.3) is 0 Å². The number of likely N-dealkylation sites (tertiary alicyclic amines) is 1. The lowest BCUT2D eigenvalue weighted by Gasteiger charge is -2.32. The normalized spacial score (nSPS) is 22.2. The molecule has 1 atom stereocenters. The third kappa shape index (κ3) is 3.98. The second-order valence-corrected chi connectivity index (χ2v) is 6.97. The minimum absolute atomic E-state index is 0.0509. The van der Waals surface area contributed by atoms with Gasteiger partial charge in [0.15, 0.2) is 0 Å². The molecule has 2 aliphatic rings. The minimum Gasteiger partial charge on any atom is -0.492 e. The molecule has 0 saturated carbocycles. The van der Waals surface area contributed by atoms with Gasteiger partial charge in [0.05, 0.1) is 12.0 Å². The molecule has 140 valence electrons. The van der Waals surface area contributed by atoms with Crippen molar-refractivity contribution in [1.82, 2.24) is 15.5 Å². The predicted octanol–water partition coefficient (Wildman–Crippen LogP) is 0.944. The molecule has 2 N–H and O–H groups in total. The molecule has 2 fully saturated rings. The summed E-state index contributed by atoms with van der Waals surface area (Å²) in [6, 6.07) is 6.98. The zero-order valence-corrected chi connectivity index (χ0v) is 15.0. The molecule has 0 unspecified atom stereocenters. The number of benzene rings is 1. The molecule has 3 amide bonds. The summed E-state index contributed by atoms with van der Waals surface area (Å²) in [5.74, 6) is 0.591. The average Bonchev–Trinajstić information content (AvgIpc) is 3.06. The molecule has 7 heteroatoms. The van der Waals surface area contributed by atoms with E-state index in [1.165, 1.54) is 6.92 Å². The minimum atomic E-state index is -0.402. The molecule has 2 aliphatic heterocycles. The van der Waals surface area contributed by atoms with Crippen molar-refractivity contribution in [3.63, 3.8) is 0 Å². The van der Waals surface area contributed by atoms with E-state index in [0.717, 1.165) is 25.8 Å². The SMILES string of the molecule is CC(=O)NCCOc1ccc(C(=O)N2CC[C@@]3(CCCNC3=O)C2)cc1. The largest absolute Gasteiger partial charge is 0.492 e. The Hall–Kier alpha value is -2.57. The molecule has 1 spiro atoms. The van der Waals surface area contributed by atoms with E-state index < -0.39 is 5.41 Å². The van der Waals surface area contributed by atoms with Gasteiger partial charge in [0, 0.05) is 32.1 Å². The van der Waals surface area contributed by atoms with Crippen molar-refractivity contribution in [2.24, 2.45) is 5.41 Å². The lowest BCUT2D eigenvalue weighted by atomic mass is 9.79. The summed E-state index contributed by atoms with van der Waals surface area (Å²) in [4.78, 5) is 37.5. The number of amides is 3. The molecule has 26 heavy (non-hydrogen) atoms. The van der Waals surface area contributed by atoms with Gasteiger partial charge in [-0.3, -0.25) is 14.4 Å². The maximum absolute atomic E-state index is 12.7. The number of rotatable bonds is 5. The molecule has 2 heterocycles. The number of hydrogen-bond acceptors (Lipinski definition) is 4. The third-order valence-corrected chi connectivity index (χ3v) is 5.09. The lowest BCUT2D eigenvalue weighted by molar-refractivity contribution is -0.132. The van der Waals surface area contributed by atoms with Gasteiger partial charge in [-0.25, -0.2) is 0 Å². The standard InChI is InChI=1S/C19H25N3O4/c1-14(23)20-10-12-26-16-5-3-15(4-6-16)17(24)22-11-8-19(13-22)7-2-9-21-18(19)25/h3-6H,2,7-13H2,1H3,(H,20,23)(H,21,25)/t19-/m0/s1. The Labute approximate surface area is 153 Å². The molecule has 7 nitrogen and oxygen atoms in total. The summed E-state index contributed by atoms with van der Waals surface area (Å²) in [6.07, 6.45) is 2.55. The van der Waals surface area contributed by atoms with Crippen LogP contribution in [0.5, 0.6) is 5.75 Å². The topological polar surface area (TPSA) is 87.7 Å². The second-order valence-electron chi connectivity index (χ2n) is 6.97. The van der Waals surface area contributed by atoms with Crippen LogP contribution < -0.4 is 15.4 Å². The van der Waals surface area contributed by atoms with Crippen LogP contribution in [0.15, 0.2) is 24.3 Å². The zero-order chi connectivity index (χ0) is 18.6. The van der Waals surface area contributed by atoms with Gasteiger partial charge in [-0.2, -0.15) is 0 Å². The van der Waals surface area contributed by atoms with Crippen molar-refractivity contribution in [2.75, 3.05) is 32.8 Å². The Kier molecular flexibility index (Phi) is 5.44. The highest BCUT2D eigenvalue weighted by molar-refractivity contribution is 5.95. The third-order valence-electron chi connectivity index (χ3n) is 5.09. The Bertz CT molecular complexity index is 689. The Morgan fingerprint density at radius 2 is 2.04 bits per heavy atom. The molecular formula is C19H25N3O4. The van der Waals surface area contributed by atoms with Gasteiger partial charge in [0.2, 0.25) is 11.8 Å². The van der Waals surface area contributed by atoms with Gasteiger partial charge in [0.1, 0.15) is 12.4 Å². The van der Waals surface area contributed by atoms with Gasteiger partial charge in [0.25, 0.3) is 5.91 Å². The Balaban J connectivity index is 1.55. The molecule has 1 aromatic rings. The highest BCUT2D eigenvalue weighted by Crippen LogP contribution is 2.37. The number of carbonyl (C=O) groups is 3. The smallest absolute Gasteiger partial charge is 0.253 e. The van der Waals surface area contributed by atoms with E-state index >= 15 is 0 Å². The van der Waals surface area contributed by atoms with Crippen LogP contribution in [0.3, 0.4) is 0 Å². The van der Waals surface area contributed by atoms with E-state index in [0.29, 0.717) is 37.6 Å². The molecule has 3 rings (SSSR count). The van der Waals surface area contributed by atoms with Crippen molar-refractivity contribution < 1.29 is 19.1 Å². The Morgan fingerprint density at radius 3 is 2.73 bits per heavy atom. The number of carbonyl (C=O) groups excluding carboxylic acids is 3. The van der Waals surface area contributed by atoms with E-state index in [1.807, 2.05) is 0 Å². The van der Waals surface area contributed by atoms with Crippen LogP contribution >= 0.6 is 0 Å². The molecule has 0 aromatic heterocycles. The molecule has 2 saturated heterocycles. The fraction of sp³-hybridized carbons (Fsp3) is 0.526.